The third kappa shape index (κ3) is 3.86. The molecule has 0 bridgehead atoms. The van der Waals surface area contributed by atoms with Gasteiger partial charge in [-0.25, -0.2) is 0 Å². The Balaban J connectivity index is 1.50. The molecule has 2 fully saturated rings. The monoisotopic (exact) mass is 379 g/mol. The number of rotatable bonds is 5. The Hall–Kier alpha value is -2.71. The average Bonchev–Trinajstić information content (AvgIpc) is 3.56. The number of alkyl halides is 3. The van der Waals surface area contributed by atoms with Gasteiger partial charge in [-0.2, -0.15) is 18.2 Å². The van der Waals surface area contributed by atoms with Crippen molar-refractivity contribution in [3.8, 4) is 11.4 Å². The minimum absolute atomic E-state index is 0.0629. The molecule has 0 atom stereocenters. The normalized spacial score (nSPS) is 17.0. The lowest BCUT2D eigenvalue weighted by Crippen LogP contribution is -2.38. The van der Waals surface area contributed by atoms with Crippen LogP contribution in [0.2, 0.25) is 0 Å². The molecule has 0 unspecified atom stereocenters. The zero-order valence-electron chi connectivity index (χ0n) is 14.2. The van der Waals surface area contributed by atoms with Crippen molar-refractivity contribution < 1.29 is 27.3 Å². The van der Waals surface area contributed by atoms with Crippen LogP contribution in [0.25, 0.3) is 11.4 Å². The summed E-state index contributed by atoms with van der Waals surface area (Å²) in [6.45, 7) is 0.158. The molecule has 9 heteroatoms. The van der Waals surface area contributed by atoms with Gasteiger partial charge in [0, 0.05) is 17.4 Å². The fraction of sp³-hybridized carbons (Fsp3) is 0.444. The number of nitrogens with zero attached hydrogens (tertiary/aromatic N) is 3. The molecule has 1 aromatic heterocycles. The van der Waals surface area contributed by atoms with Crippen molar-refractivity contribution in [2.45, 2.75) is 38.4 Å². The molecule has 0 N–H and O–H groups in total. The molecule has 0 saturated heterocycles. The summed E-state index contributed by atoms with van der Waals surface area (Å²) < 4.78 is 41.9. The Bertz CT molecular complexity index is 844. The summed E-state index contributed by atoms with van der Waals surface area (Å²) in [4.78, 5) is 29.5. The Kier molecular flexibility index (Phi) is 4.24. The van der Waals surface area contributed by atoms with Gasteiger partial charge >= 0.3 is 12.1 Å². The molecule has 27 heavy (non-hydrogen) atoms. The summed E-state index contributed by atoms with van der Waals surface area (Å²) in [6.07, 6.45) is -1.45. The first-order chi connectivity index (χ1) is 12.8. The molecular formula is C18H16F3N3O3. The van der Waals surface area contributed by atoms with E-state index < -0.39 is 12.1 Å². The summed E-state index contributed by atoms with van der Waals surface area (Å²) in [6, 6.07) is 6.38. The summed E-state index contributed by atoms with van der Waals surface area (Å²) in [5.41, 5.74) is 1.06. The zero-order chi connectivity index (χ0) is 19.2. The molecule has 1 heterocycles. The zero-order valence-corrected chi connectivity index (χ0v) is 14.2. The standard InChI is InChI=1S/C18H16F3N3O3/c19-18(20,21)17-22-14(23-27-17)11-3-1-10(2-4-11)9-24(15(25)12-5-6-12)16(26)13-7-8-13/h1-4,12-13H,5-9H2. The lowest BCUT2D eigenvalue weighted by atomic mass is 10.1. The van der Waals surface area contributed by atoms with Crippen molar-refractivity contribution in [3.63, 3.8) is 0 Å². The lowest BCUT2D eigenvalue weighted by molar-refractivity contribution is -0.159. The Morgan fingerprint density at radius 1 is 1.04 bits per heavy atom. The van der Waals surface area contributed by atoms with Crippen LogP contribution in [0.5, 0.6) is 0 Å². The van der Waals surface area contributed by atoms with Gasteiger partial charge < -0.3 is 4.52 Å². The minimum Gasteiger partial charge on any atom is -0.329 e. The maximum absolute atomic E-state index is 12.6. The highest BCUT2D eigenvalue weighted by atomic mass is 19.4. The number of hydrogen-bond acceptors (Lipinski definition) is 5. The van der Waals surface area contributed by atoms with Gasteiger partial charge in [0.2, 0.25) is 17.6 Å². The van der Waals surface area contributed by atoms with E-state index in [1.165, 1.54) is 4.90 Å². The topological polar surface area (TPSA) is 76.3 Å². The second kappa shape index (κ2) is 6.47. The maximum atomic E-state index is 12.6. The first kappa shape index (κ1) is 17.7. The average molecular weight is 379 g/mol. The van der Waals surface area contributed by atoms with E-state index in [4.69, 9.17) is 0 Å². The Morgan fingerprint density at radius 2 is 1.59 bits per heavy atom. The largest absolute Gasteiger partial charge is 0.471 e. The molecule has 2 aliphatic rings. The van der Waals surface area contributed by atoms with Crippen LogP contribution in [-0.2, 0) is 22.3 Å². The predicted molar refractivity (Wildman–Crippen MR) is 85.7 cm³/mol. The van der Waals surface area contributed by atoms with Crippen molar-refractivity contribution >= 4 is 11.8 Å². The third-order valence-electron chi connectivity index (χ3n) is 4.61. The summed E-state index contributed by atoms with van der Waals surface area (Å²) in [7, 11) is 0. The molecular weight excluding hydrogens is 363 g/mol. The highest BCUT2D eigenvalue weighted by Gasteiger charge is 2.41. The van der Waals surface area contributed by atoms with Crippen LogP contribution in [0.4, 0.5) is 13.2 Å². The summed E-state index contributed by atoms with van der Waals surface area (Å²) >= 11 is 0. The second-order valence-corrected chi connectivity index (χ2v) is 6.93. The van der Waals surface area contributed by atoms with Crippen LogP contribution in [-0.4, -0.2) is 26.9 Å². The molecule has 0 aliphatic heterocycles. The smallest absolute Gasteiger partial charge is 0.329 e. The van der Waals surface area contributed by atoms with E-state index in [-0.39, 0.29) is 36.0 Å². The second-order valence-electron chi connectivity index (χ2n) is 6.93. The molecule has 6 nitrogen and oxygen atoms in total. The van der Waals surface area contributed by atoms with E-state index >= 15 is 0 Å². The molecule has 2 amide bonds. The van der Waals surface area contributed by atoms with Crippen LogP contribution < -0.4 is 0 Å². The van der Waals surface area contributed by atoms with Gasteiger partial charge in [0.1, 0.15) is 0 Å². The molecule has 4 rings (SSSR count). The van der Waals surface area contributed by atoms with Gasteiger partial charge in [0.05, 0.1) is 6.54 Å². The first-order valence-corrected chi connectivity index (χ1v) is 8.68. The highest BCUT2D eigenvalue weighted by molar-refractivity contribution is 5.99. The fourth-order valence-corrected chi connectivity index (χ4v) is 2.76. The third-order valence-corrected chi connectivity index (χ3v) is 4.61. The van der Waals surface area contributed by atoms with Gasteiger partial charge in [-0.3, -0.25) is 14.5 Å². The molecule has 142 valence electrons. The minimum atomic E-state index is -4.70. The SMILES string of the molecule is O=C(C1CC1)N(Cc1ccc(-c2noc(C(F)(F)F)n2)cc1)C(=O)C1CC1. The van der Waals surface area contributed by atoms with Crippen LogP contribution >= 0.6 is 0 Å². The van der Waals surface area contributed by atoms with Crippen LogP contribution in [0, 0.1) is 11.8 Å². The van der Waals surface area contributed by atoms with E-state index in [0.29, 0.717) is 11.1 Å². The van der Waals surface area contributed by atoms with Gasteiger partial charge in [-0.05, 0) is 31.2 Å². The Morgan fingerprint density at radius 3 is 2.04 bits per heavy atom. The molecule has 2 aromatic rings. The highest BCUT2D eigenvalue weighted by Crippen LogP contribution is 2.36. The fourth-order valence-electron chi connectivity index (χ4n) is 2.76. The number of amides is 2. The van der Waals surface area contributed by atoms with Gasteiger partial charge in [0.25, 0.3) is 0 Å². The van der Waals surface area contributed by atoms with Crippen LogP contribution in [0.1, 0.15) is 37.1 Å². The number of halogens is 3. The van der Waals surface area contributed by atoms with E-state index in [9.17, 15) is 22.8 Å². The maximum Gasteiger partial charge on any atom is 0.471 e. The van der Waals surface area contributed by atoms with Crippen molar-refractivity contribution in [2.75, 3.05) is 0 Å². The molecule has 2 aliphatic carbocycles. The summed E-state index contributed by atoms with van der Waals surface area (Å²) in [5.74, 6) is -1.97. The van der Waals surface area contributed by atoms with Crippen molar-refractivity contribution in [3.05, 3.63) is 35.7 Å². The number of benzene rings is 1. The lowest BCUT2D eigenvalue weighted by Gasteiger charge is -2.21. The van der Waals surface area contributed by atoms with Crippen LogP contribution in [0.3, 0.4) is 0 Å². The van der Waals surface area contributed by atoms with E-state index in [1.54, 1.807) is 24.3 Å². The van der Waals surface area contributed by atoms with Gasteiger partial charge in [-0.15, -0.1) is 0 Å². The van der Waals surface area contributed by atoms with Crippen molar-refractivity contribution in [2.24, 2.45) is 11.8 Å². The van der Waals surface area contributed by atoms with Crippen LogP contribution in [0.15, 0.2) is 28.8 Å². The van der Waals surface area contributed by atoms with Crippen molar-refractivity contribution in [1.29, 1.82) is 0 Å². The molecule has 1 aromatic carbocycles. The van der Waals surface area contributed by atoms with E-state index in [1.807, 2.05) is 0 Å². The number of imide groups is 1. The number of hydrogen-bond donors (Lipinski definition) is 0. The first-order valence-electron chi connectivity index (χ1n) is 8.68. The number of aromatic nitrogens is 2. The molecule has 0 spiro atoms. The van der Waals surface area contributed by atoms with E-state index in [2.05, 4.69) is 14.7 Å². The summed E-state index contributed by atoms with van der Waals surface area (Å²) in [5, 5.41) is 3.34. The van der Waals surface area contributed by atoms with Crippen molar-refractivity contribution in [1.82, 2.24) is 15.0 Å². The molecule has 0 radical (unpaired) electrons. The van der Waals surface area contributed by atoms with E-state index in [0.717, 1.165) is 25.7 Å². The number of carbonyl (C=O) groups excluding carboxylic acids is 2. The molecule has 2 saturated carbocycles. The van der Waals surface area contributed by atoms with Gasteiger partial charge in [-0.1, -0.05) is 29.4 Å². The number of carbonyl (C=O) groups is 2. The Labute approximate surface area is 152 Å². The quantitative estimate of drug-likeness (QED) is 0.744. The predicted octanol–water partition coefficient (Wildman–Crippen LogP) is 3.43. The van der Waals surface area contributed by atoms with Gasteiger partial charge in [0.15, 0.2) is 0 Å².